The maximum absolute atomic E-state index is 13.5. The smallest absolute Gasteiger partial charge is 0.408 e. The van der Waals surface area contributed by atoms with Crippen molar-refractivity contribution in [1.29, 1.82) is 0 Å². The number of sulfonamides is 1. The number of rotatable bonds is 16. The first-order valence-corrected chi connectivity index (χ1v) is 19.2. The number of benzene rings is 5. The Labute approximate surface area is 326 Å². The van der Waals surface area contributed by atoms with Crippen molar-refractivity contribution >= 4 is 61.8 Å². The molecule has 1 unspecified atom stereocenters. The fourth-order valence-corrected chi connectivity index (χ4v) is 6.78. The molecular formula is C42H44N4O9S. The van der Waals surface area contributed by atoms with Crippen LogP contribution in [0.5, 0.6) is 0 Å². The van der Waals surface area contributed by atoms with E-state index in [-0.39, 0.29) is 23.8 Å². The fourth-order valence-electron chi connectivity index (χ4n) is 5.50. The number of hydrogen-bond acceptors (Lipinski definition) is 10. The summed E-state index contributed by atoms with van der Waals surface area (Å²) in [6.45, 7) is 2.58. The third-order valence-corrected chi connectivity index (χ3v) is 10.1. The Morgan fingerprint density at radius 2 is 1.25 bits per heavy atom. The zero-order valence-electron chi connectivity index (χ0n) is 31.5. The maximum atomic E-state index is 13.5. The van der Waals surface area contributed by atoms with E-state index in [2.05, 4.69) is 15.4 Å². The number of amides is 2. The molecule has 14 heteroatoms. The van der Waals surface area contributed by atoms with Crippen molar-refractivity contribution in [3.05, 3.63) is 132 Å². The Bertz CT molecular complexity index is 2210. The molecule has 2 amide bonds. The Morgan fingerprint density at radius 3 is 1.88 bits per heavy atom. The molecule has 0 spiro atoms. The van der Waals surface area contributed by atoms with E-state index in [9.17, 15) is 27.6 Å². The normalized spacial score (nSPS) is 11.9. The largest absolute Gasteiger partial charge is 0.463 e. The third-order valence-electron chi connectivity index (χ3n) is 8.62. The Balaban J connectivity index is 1.19. The van der Waals surface area contributed by atoms with Gasteiger partial charge in [-0.1, -0.05) is 84.9 Å². The van der Waals surface area contributed by atoms with Crippen LogP contribution in [0.2, 0.25) is 0 Å². The van der Waals surface area contributed by atoms with Gasteiger partial charge in [0.25, 0.3) is 10.0 Å². The summed E-state index contributed by atoms with van der Waals surface area (Å²) in [4.78, 5) is 54.0. The molecule has 0 bridgehead atoms. The molecule has 5 aromatic carbocycles. The van der Waals surface area contributed by atoms with Gasteiger partial charge in [0.1, 0.15) is 25.9 Å². The summed E-state index contributed by atoms with van der Waals surface area (Å²) in [5.41, 5.74) is 1.69. The monoisotopic (exact) mass is 780 g/mol. The van der Waals surface area contributed by atoms with Crippen LogP contribution in [0.25, 0.3) is 10.8 Å². The van der Waals surface area contributed by atoms with Gasteiger partial charge >= 0.3 is 18.0 Å². The zero-order valence-corrected chi connectivity index (χ0v) is 32.3. The summed E-state index contributed by atoms with van der Waals surface area (Å²) in [6.07, 6.45) is -1.50. The third kappa shape index (κ3) is 11.1. The molecule has 5 rings (SSSR count). The van der Waals surface area contributed by atoms with Crippen molar-refractivity contribution < 1.29 is 41.8 Å². The van der Waals surface area contributed by atoms with Crippen LogP contribution in [-0.2, 0) is 51.8 Å². The number of ether oxygens (including phenoxy) is 3. The molecule has 0 saturated heterocycles. The zero-order chi connectivity index (χ0) is 40.3. The van der Waals surface area contributed by atoms with Gasteiger partial charge in [0.15, 0.2) is 0 Å². The highest BCUT2D eigenvalue weighted by atomic mass is 32.2. The number of nitrogens with zero attached hydrogens (tertiary/aromatic N) is 1. The van der Waals surface area contributed by atoms with E-state index in [1.54, 1.807) is 86.6 Å². The lowest BCUT2D eigenvalue weighted by molar-refractivity contribution is -0.156. The van der Waals surface area contributed by atoms with Crippen molar-refractivity contribution in [1.82, 2.24) is 5.32 Å². The second kappa shape index (κ2) is 18.3. The standard InChI is InChI=1S/C42H44N4O9S/c1-42(2,28-55-39(48)35(25-38(47)53-26-29-13-7-5-8-14-29)44-41(50)54-27-30-15-9-6-10-16-30)40(49)43-31-21-23-32(24-22-31)45-56(51,52)37-20-12-17-33-34(37)18-11-19-36(33)46(3)4/h5-24,35,45H,25-28H2,1-4H3,(H,43,49)(H,44,50). The van der Waals surface area contributed by atoms with Crippen molar-refractivity contribution in [2.45, 2.75) is 44.4 Å². The summed E-state index contributed by atoms with van der Waals surface area (Å²) >= 11 is 0. The highest BCUT2D eigenvalue weighted by Crippen LogP contribution is 2.31. The lowest BCUT2D eigenvalue weighted by Crippen LogP contribution is -2.45. The van der Waals surface area contributed by atoms with Crippen LogP contribution < -0.4 is 20.3 Å². The van der Waals surface area contributed by atoms with Crippen LogP contribution in [0.15, 0.2) is 126 Å². The number of alkyl carbamates (subject to hydrolysis) is 1. The van der Waals surface area contributed by atoms with Crippen LogP contribution in [0.1, 0.15) is 31.4 Å². The summed E-state index contributed by atoms with van der Waals surface area (Å²) in [6, 6.07) is 33.1. The highest BCUT2D eigenvalue weighted by Gasteiger charge is 2.33. The van der Waals surface area contributed by atoms with Gasteiger partial charge in [0.05, 0.1) is 16.7 Å². The highest BCUT2D eigenvalue weighted by molar-refractivity contribution is 7.93. The predicted octanol–water partition coefficient (Wildman–Crippen LogP) is 6.64. The average Bonchev–Trinajstić information content (AvgIpc) is 3.19. The molecule has 13 nitrogen and oxygen atoms in total. The van der Waals surface area contributed by atoms with Gasteiger partial charge in [-0.25, -0.2) is 18.0 Å². The number of carbonyl (C=O) groups excluding carboxylic acids is 4. The second-order valence-corrected chi connectivity index (χ2v) is 15.4. The fraction of sp³-hybridized carbons (Fsp3) is 0.238. The molecule has 0 fully saturated rings. The van der Waals surface area contributed by atoms with Crippen molar-refractivity contribution in [2.75, 3.05) is 35.6 Å². The van der Waals surface area contributed by atoms with Crippen molar-refractivity contribution in [3.63, 3.8) is 0 Å². The summed E-state index contributed by atoms with van der Waals surface area (Å²) in [7, 11) is -0.203. The quantitative estimate of drug-likeness (QED) is 0.0729. The van der Waals surface area contributed by atoms with Gasteiger partial charge in [-0.05, 0) is 61.4 Å². The van der Waals surface area contributed by atoms with E-state index in [0.717, 1.165) is 16.6 Å². The van der Waals surface area contributed by atoms with E-state index in [4.69, 9.17) is 14.2 Å². The van der Waals surface area contributed by atoms with Gasteiger partial charge in [0.2, 0.25) is 5.91 Å². The lowest BCUT2D eigenvalue weighted by atomic mass is 9.93. The molecule has 0 aromatic heterocycles. The van der Waals surface area contributed by atoms with Crippen LogP contribution in [0.4, 0.5) is 21.9 Å². The molecule has 56 heavy (non-hydrogen) atoms. The van der Waals surface area contributed by atoms with Crippen molar-refractivity contribution in [3.8, 4) is 0 Å². The van der Waals surface area contributed by atoms with E-state index in [0.29, 0.717) is 16.6 Å². The minimum absolute atomic E-state index is 0.0397. The Kier molecular flexibility index (Phi) is 13.3. The number of carbonyl (C=O) groups is 4. The molecule has 0 aliphatic heterocycles. The van der Waals surface area contributed by atoms with Gasteiger partial charge < -0.3 is 29.7 Å². The Morgan fingerprint density at radius 1 is 0.679 bits per heavy atom. The Hall–Kier alpha value is -6.41. The molecule has 0 aliphatic carbocycles. The molecule has 1 atom stereocenters. The number of anilines is 3. The molecule has 0 aliphatic rings. The number of nitrogens with one attached hydrogen (secondary N) is 3. The first-order valence-electron chi connectivity index (χ1n) is 17.7. The minimum Gasteiger partial charge on any atom is -0.463 e. The number of hydrogen-bond donors (Lipinski definition) is 3. The SMILES string of the molecule is CN(C)c1cccc2c(S(=O)(=O)Nc3ccc(NC(=O)C(C)(C)COC(=O)C(CC(=O)OCc4ccccc4)NC(=O)OCc4ccccc4)cc3)cccc12. The van der Waals surface area contributed by atoms with Crippen LogP contribution >= 0.6 is 0 Å². The first-order chi connectivity index (χ1) is 26.7. The number of esters is 2. The molecule has 292 valence electrons. The molecule has 0 radical (unpaired) electrons. The maximum Gasteiger partial charge on any atom is 0.408 e. The number of fused-ring (bicyclic) bond motifs is 1. The van der Waals surface area contributed by atoms with Gasteiger partial charge in [-0.2, -0.15) is 0 Å². The molecule has 0 heterocycles. The average molecular weight is 781 g/mol. The summed E-state index contributed by atoms with van der Waals surface area (Å²) in [5.74, 6) is -2.25. The van der Waals surface area contributed by atoms with Gasteiger partial charge in [-0.3, -0.25) is 14.3 Å². The minimum atomic E-state index is -3.98. The van der Waals surface area contributed by atoms with Gasteiger partial charge in [-0.15, -0.1) is 0 Å². The van der Waals surface area contributed by atoms with Crippen LogP contribution in [0, 0.1) is 5.41 Å². The van der Waals surface area contributed by atoms with Gasteiger partial charge in [0, 0.05) is 41.9 Å². The van der Waals surface area contributed by atoms with Crippen molar-refractivity contribution in [2.24, 2.45) is 5.41 Å². The summed E-state index contributed by atoms with van der Waals surface area (Å²) in [5, 5.41) is 6.50. The van der Waals surface area contributed by atoms with E-state index in [1.807, 2.05) is 43.3 Å². The molecule has 0 saturated carbocycles. The van der Waals surface area contributed by atoms with E-state index < -0.39 is 58.4 Å². The van der Waals surface area contributed by atoms with E-state index in [1.165, 1.54) is 24.3 Å². The lowest BCUT2D eigenvalue weighted by Gasteiger charge is -2.25. The molecule has 3 N–H and O–H groups in total. The van der Waals surface area contributed by atoms with Crippen LogP contribution in [-0.4, -0.2) is 59.1 Å². The van der Waals surface area contributed by atoms with E-state index >= 15 is 0 Å². The summed E-state index contributed by atoms with van der Waals surface area (Å²) < 4.78 is 45.6. The second-order valence-electron chi connectivity index (χ2n) is 13.8. The predicted molar refractivity (Wildman–Crippen MR) is 213 cm³/mol. The molecular weight excluding hydrogens is 737 g/mol. The topological polar surface area (TPSA) is 169 Å². The van der Waals surface area contributed by atoms with Crippen LogP contribution in [0.3, 0.4) is 0 Å². The molecule has 5 aromatic rings. The first kappa shape index (κ1) is 40.8.